The Morgan fingerprint density at radius 1 is 1.23 bits per heavy atom. The number of aryl methyl sites for hydroxylation is 1. The molecule has 0 aliphatic carbocycles. The van der Waals surface area contributed by atoms with Crippen molar-refractivity contribution in [3.05, 3.63) is 23.9 Å². The predicted octanol–water partition coefficient (Wildman–Crippen LogP) is 4.28. The van der Waals surface area contributed by atoms with Gasteiger partial charge < -0.3 is 19.7 Å². The van der Waals surface area contributed by atoms with Crippen LogP contribution in [0.1, 0.15) is 57.1 Å². The number of nitrogens with zero attached hydrogens (tertiary/aromatic N) is 4. The van der Waals surface area contributed by atoms with E-state index in [4.69, 9.17) is 5.11 Å². The Bertz CT molecular complexity index is 691. The molecule has 2 N–H and O–H groups in total. The van der Waals surface area contributed by atoms with E-state index in [9.17, 15) is 9.90 Å². The minimum atomic E-state index is -0.901. The molecule has 7 nitrogen and oxygen atoms in total. The lowest BCUT2D eigenvalue weighted by atomic mass is 10.0. The highest BCUT2D eigenvalue weighted by Gasteiger charge is 2.15. The van der Waals surface area contributed by atoms with Gasteiger partial charge in [0.05, 0.1) is 12.9 Å². The van der Waals surface area contributed by atoms with Crippen LogP contribution in [0.15, 0.2) is 17.8 Å². The standard InChI is InChI=1S/C23H40N4O3S/c1-5-13-27(31-4)14-11-9-8-10-12-20-17-26(18-22(29)30)23(21(20)6-2)24-19-25(7-3)15-16-28/h6,17,19,28H,2,5,7-16,18H2,1,3-4H3,(H,29,30)/b24-19+. The van der Waals surface area contributed by atoms with Gasteiger partial charge in [0.15, 0.2) is 0 Å². The highest BCUT2D eigenvalue weighted by Crippen LogP contribution is 2.28. The van der Waals surface area contributed by atoms with Crippen molar-refractivity contribution in [3.63, 3.8) is 0 Å². The normalized spacial score (nSPS) is 11.5. The number of aliphatic carboxylic acids is 1. The summed E-state index contributed by atoms with van der Waals surface area (Å²) >= 11 is 1.82. The van der Waals surface area contributed by atoms with Gasteiger partial charge in [-0.3, -0.25) is 9.10 Å². The molecule has 0 fully saturated rings. The summed E-state index contributed by atoms with van der Waals surface area (Å²) in [6.07, 6.45) is 14.1. The molecule has 0 saturated carbocycles. The highest BCUT2D eigenvalue weighted by atomic mass is 32.2. The maximum Gasteiger partial charge on any atom is 0.323 e. The maximum absolute atomic E-state index is 11.3. The topological polar surface area (TPSA) is 81.3 Å². The van der Waals surface area contributed by atoms with Gasteiger partial charge >= 0.3 is 5.97 Å². The smallest absolute Gasteiger partial charge is 0.323 e. The van der Waals surface area contributed by atoms with Crippen molar-refractivity contribution in [3.8, 4) is 0 Å². The van der Waals surface area contributed by atoms with Crippen LogP contribution >= 0.6 is 11.9 Å². The average molecular weight is 453 g/mol. The minimum Gasteiger partial charge on any atom is -0.480 e. The third-order valence-electron chi connectivity index (χ3n) is 5.15. The Morgan fingerprint density at radius 2 is 1.97 bits per heavy atom. The molecule has 0 aliphatic heterocycles. The van der Waals surface area contributed by atoms with Gasteiger partial charge in [-0.1, -0.05) is 44.4 Å². The van der Waals surface area contributed by atoms with E-state index in [0.29, 0.717) is 18.9 Å². The summed E-state index contributed by atoms with van der Waals surface area (Å²) in [6, 6.07) is 0. The number of hydrogen-bond donors (Lipinski definition) is 2. The van der Waals surface area contributed by atoms with Crippen molar-refractivity contribution < 1.29 is 15.0 Å². The van der Waals surface area contributed by atoms with Gasteiger partial charge in [0.25, 0.3) is 0 Å². The largest absolute Gasteiger partial charge is 0.480 e. The second-order valence-corrected chi connectivity index (χ2v) is 8.37. The number of unbranched alkanes of at least 4 members (excludes halogenated alkanes) is 3. The van der Waals surface area contributed by atoms with Crippen molar-refractivity contribution in [1.29, 1.82) is 0 Å². The fourth-order valence-corrected chi connectivity index (χ4v) is 4.19. The summed E-state index contributed by atoms with van der Waals surface area (Å²) in [6.45, 7) is 11.5. The van der Waals surface area contributed by atoms with Crippen LogP contribution in [0.4, 0.5) is 5.82 Å². The van der Waals surface area contributed by atoms with Crippen molar-refractivity contribution in [2.75, 3.05) is 39.0 Å². The zero-order valence-electron chi connectivity index (χ0n) is 19.4. The number of carboxylic acid groups (broad SMARTS) is 1. The molecule has 1 heterocycles. The molecule has 0 spiro atoms. The first-order chi connectivity index (χ1) is 15.0. The molecule has 8 heteroatoms. The first kappa shape index (κ1) is 27.3. The zero-order valence-corrected chi connectivity index (χ0v) is 20.2. The number of aromatic nitrogens is 1. The summed E-state index contributed by atoms with van der Waals surface area (Å²) in [5.41, 5.74) is 1.99. The lowest BCUT2D eigenvalue weighted by molar-refractivity contribution is -0.137. The van der Waals surface area contributed by atoms with Crippen LogP contribution in [-0.4, -0.2) is 75.3 Å². The van der Waals surface area contributed by atoms with Gasteiger partial charge in [-0.05, 0) is 44.4 Å². The number of aliphatic imine (C=N–C) groups is 1. The van der Waals surface area contributed by atoms with Crippen molar-refractivity contribution in [2.45, 2.75) is 58.9 Å². The van der Waals surface area contributed by atoms with E-state index >= 15 is 0 Å². The minimum absolute atomic E-state index is 0.0444. The molecule has 0 amide bonds. The predicted molar refractivity (Wildman–Crippen MR) is 132 cm³/mol. The molecular weight excluding hydrogens is 412 g/mol. The molecule has 0 saturated heterocycles. The van der Waals surface area contributed by atoms with Crippen LogP contribution in [0.2, 0.25) is 0 Å². The molecule has 176 valence electrons. The molecule has 0 bridgehead atoms. The van der Waals surface area contributed by atoms with E-state index in [2.05, 4.69) is 29.1 Å². The fraction of sp³-hybridized carbons (Fsp3) is 0.652. The molecule has 1 aromatic heterocycles. The number of aliphatic hydroxyl groups is 1. The Labute approximate surface area is 192 Å². The molecule has 31 heavy (non-hydrogen) atoms. The van der Waals surface area contributed by atoms with E-state index in [-0.39, 0.29) is 13.2 Å². The molecule has 0 unspecified atom stereocenters. The number of hydrogen-bond acceptors (Lipinski definition) is 5. The van der Waals surface area contributed by atoms with Gasteiger partial charge in [0.2, 0.25) is 0 Å². The molecule has 1 aromatic rings. The van der Waals surface area contributed by atoms with E-state index in [0.717, 1.165) is 43.5 Å². The number of likely N-dealkylation sites (N-methyl/N-ethyl adjacent to an activating group) is 1. The lowest BCUT2D eigenvalue weighted by Gasteiger charge is -2.17. The van der Waals surface area contributed by atoms with Crippen LogP contribution in [0.3, 0.4) is 0 Å². The average Bonchev–Trinajstić information content (AvgIpc) is 3.07. The number of aliphatic hydroxyl groups excluding tert-OH is 1. The third-order valence-corrected chi connectivity index (χ3v) is 6.03. The highest BCUT2D eigenvalue weighted by molar-refractivity contribution is 7.96. The second-order valence-electron chi connectivity index (χ2n) is 7.49. The first-order valence-corrected chi connectivity index (χ1v) is 12.4. The third kappa shape index (κ3) is 9.93. The van der Waals surface area contributed by atoms with Crippen molar-refractivity contribution >= 4 is 36.1 Å². The van der Waals surface area contributed by atoms with E-state index in [1.54, 1.807) is 17.0 Å². The molecule has 1 rings (SSSR count). The van der Waals surface area contributed by atoms with Gasteiger partial charge in [-0.25, -0.2) is 4.99 Å². The van der Waals surface area contributed by atoms with Gasteiger partial charge in [0, 0.05) is 37.9 Å². The second kappa shape index (κ2) is 15.9. The van der Waals surface area contributed by atoms with Gasteiger partial charge in [-0.2, -0.15) is 0 Å². The first-order valence-electron chi connectivity index (χ1n) is 11.2. The SMILES string of the molecule is C=Cc1c(CCCCCCN(CCC)SC)cn(CC(=O)O)c1/N=C/N(CC)CCO. The van der Waals surface area contributed by atoms with Gasteiger partial charge in [-0.15, -0.1) is 0 Å². The quantitative estimate of drug-likeness (QED) is 0.150. The molecule has 0 atom stereocenters. The van der Waals surface area contributed by atoms with Crippen molar-refractivity contribution in [2.24, 2.45) is 4.99 Å². The van der Waals surface area contributed by atoms with Crippen molar-refractivity contribution in [1.82, 2.24) is 13.8 Å². The summed E-state index contributed by atoms with van der Waals surface area (Å²) < 4.78 is 4.10. The Hall–Kier alpha value is -1.77. The van der Waals surface area contributed by atoms with E-state index < -0.39 is 5.97 Å². The van der Waals surface area contributed by atoms with Crippen LogP contribution in [0, 0.1) is 0 Å². The van der Waals surface area contributed by atoms with Crippen LogP contribution in [-0.2, 0) is 17.8 Å². The zero-order chi connectivity index (χ0) is 23.1. The Balaban J connectivity index is 2.77. The molecule has 0 radical (unpaired) electrons. The van der Waals surface area contributed by atoms with Crippen LogP contribution < -0.4 is 0 Å². The monoisotopic (exact) mass is 452 g/mol. The molecule has 0 aliphatic rings. The summed E-state index contributed by atoms with van der Waals surface area (Å²) in [5, 5.41) is 18.5. The Kier molecular flexibility index (Phi) is 14.0. The maximum atomic E-state index is 11.3. The summed E-state index contributed by atoms with van der Waals surface area (Å²) in [5.74, 6) is -0.291. The number of rotatable bonds is 18. The molecule has 0 aromatic carbocycles. The van der Waals surface area contributed by atoms with Crippen LogP contribution in [0.5, 0.6) is 0 Å². The lowest BCUT2D eigenvalue weighted by Crippen LogP contribution is -2.24. The van der Waals surface area contributed by atoms with Gasteiger partial charge in [0.1, 0.15) is 12.4 Å². The van der Waals surface area contributed by atoms with Crippen LogP contribution in [0.25, 0.3) is 6.08 Å². The molecular formula is C23H40N4O3S. The number of carbonyl (C=O) groups is 1. The van der Waals surface area contributed by atoms with E-state index in [1.807, 2.05) is 30.0 Å². The Morgan fingerprint density at radius 3 is 2.55 bits per heavy atom. The van der Waals surface area contributed by atoms with E-state index in [1.165, 1.54) is 19.3 Å². The summed E-state index contributed by atoms with van der Waals surface area (Å²) in [7, 11) is 0. The summed E-state index contributed by atoms with van der Waals surface area (Å²) in [4.78, 5) is 17.8. The number of carboxylic acids is 1. The fourth-order valence-electron chi connectivity index (χ4n) is 3.51.